The number of halogens is 3. The van der Waals surface area contributed by atoms with E-state index < -0.39 is 8.80 Å². The summed E-state index contributed by atoms with van der Waals surface area (Å²) in [5.41, 5.74) is 3.66. The first-order valence-corrected chi connectivity index (χ1v) is 15.0. The van der Waals surface area contributed by atoms with E-state index in [0.29, 0.717) is 27.1 Å². The van der Waals surface area contributed by atoms with Crippen molar-refractivity contribution < 1.29 is 8.78 Å². The van der Waals surface area contributed by atoms with E-state index in [9.17, 15) is 4.39 Å². The third-order valence-electron chi connectivity index (χ3n) is 7.50. The maximum absolute atomic E-state index is 15.0. The van der Waals surface area contributed by atoms with Crippen molar-refractivity contribution in [3.63, 3.8) is 0 Å². The number of benzene rings is 3. The third-order valence-corrected chi connectivity index (χ3v) is 11.4. The highest BCUT2D eigenvalue weighted by Crippen LogP contribution is 2.41. The van der Waals surface area contributed by atoms with E-state index in [0.717, 1.165) is 24.0 Å². The zero-order chi connectivity index (χ0) is 23.4. The first-order valence-electron chi connectivity index (χ1n) is 12.2. The van der Waals surface area contributed by atoms with Crippen LogP contribution in [0.25, 0.3) is 22.3 Å². The number of aryl methyl sites for hydroxylation is 1. The molecule has 1 fully saturated rings. The third kappa shape index (κ3) is 5.94. The summed E-state index contributed by atoms with van der Waals surface area (Å²) in [6.45, 7) is 4.72. The Bertz CT molecular complexity index is 1090. The lowest BCUT2D eigenvalue weighted by molar-refractivity contribution is 0.261. The van der Waals surface area contributed by atoms with E-state index in [1.807, 2.05) is 6.07 Å². The molecule has 0 nitrogen and oxygen atoms in total. The molecule has 0 spiro atoms. The lowest BCUT2D eigenvalue weighted by Gasteiger charge is -2.37. The van der Waals surface area contributed by atoms with Gasteiger partial charge in [-0.3, -0.25) is 0 Å². The second-order valence-corrected chi connectivity index (χ2v) is 14.0. The summed E-state index contributed by atoms with van der Waals surface area (Å²) in [5, 5.41) is 0.609. The van der Waals surface area contributed by atoms with Crippen LogP contribution in [0.4, 0.5) is 8.78 Å². The largest absolute Gasteiger partial charge is 0.206 e. The summed E-state index contributed by atoms with van der Waals surface area (Å²) in [6, 6.07) is 21.8. The summed E-state index contributed by atoms with van der Waals surface area (Å²) >= 11 is 5.93. The molecule has 0 N–H and O–H groups in total. The van der Waals surface area contributed by atoms with Crippen molar-refractivity contribution in [2.75, 3.05) is 0 Å². The van der Waals surface area contributed by atoms with Gasteiger partial charge in [0.25, 0.3) is 0 Å². The van der Waals surface area contributed by atoms with Crippen LogP contribution in [-0.2, 0) is 6.42 Å². The molecule has 0 radical (unpaired) electrons. The van der Waals surface area contributed by atoms with E-state index in [-0.39, 0.29) is 11.6 Å². The van der Waals surface area contributed by atoms with Gasteiger partial charge < -0.3 is 0 Å². The molecule has 0 atom stereocenters. The first kappa shape index (κ1) is 24.2. The van der Waals surface area contributed by atoms with Gasteiger partial charge in [-0.05, 0) is 59.2 Å². The Kier molecular flexibility index (Phi) is 7.71. The van der Waals surface area contributed by atoms with Crippen LogP contribution in [0.3, 0.4) is 0 Å². The minimum absolute atomic E-state index is 0.282. The van der Waals surface area contributed by atoms with E-state index in [1.165, 1.54) is 43.5 Å². The van der Waals surface area contributed by atoms with Crippen LogP contribution in [0, 0.1) is 17.0 Å². The lowest BCUT2D eigenvalue weighted by Crippen LogP contribution is -2.29. The monoisotopic (exact) mass is 482 g/mol. The van der Waals surface area contributed by atoms with Crippen molar-refractivity contribution >= 4 is 20.4 Å². The molecule has 0 aromatic heterocycles. The predicted octanol–water partition coefficient (Wildman–Crippen LogP) is 9.32. The first-order chi connectivity index (χ1) is 15.9. The van der Waals surface area contributed by atoms with Crippen LogP contribution in [0.1, 0.15) is 45.1 Å². The maximum Gasteiger partial charge on any atom is 0.131 e. The zero-order valence-electron chi connectivity index (χ0n) is 19.6. The molecule has 0 unspecified atom stereocenters. The Hall–Kier alpha value is -1.97. The highest BCUT2D eigenvalue weighted by Gasteiger charge is 2.30. The summed E-state index contributed by atoms with van der Waals surface area (Å²) in [4.78, 5) is 0. The lowest BCUT2D eigenvalue weighted by atomic mass is 9.79. The molecule has 33 heavy (non-hydrogen) atoms. The molecule has 0 aliphatic carbocycles. The molecule has 0 bridgehead atoms. The van der Waals surface area contributed by atoms with Gasteiger partial charge in [0.2, 0.25) is 0 Å². The second kappa shape index (κ2) is 10.5. The second-order valence-electron chi connectivity index (χ2n) is 10.1. The molecule has 3 aromatic carbocycles. The van der Waals surface area contributed by atoms with Crippen LogP contribution in [0.2, 0.25) is 23.2 Å². The molecular formula is C29H33ClF2Si. The minimum Gasteiger partial charge on any atom is -0.206 e. The number of rotatable bonds is 7. The van der Waals surface area contributed by atoms with Gasteiger partial charge in [0.15, 0.2) is 0 Å². The molecule has 3 aromatic rings. The summed E-state index contributed by atoms with van der Waals surface area (Å²) in [7, 11) is -0.484. The molecule has 1 aliphatic heterocycles. The number of hydrogen-bond donors (Lipinski definition) is 0. The van der Waals surface area contributed by atoms with Crippen molar-refractivity contribution in [2.45, 2.75) is 64.1 Å². The Balaban J connectivity index is 1.43. The van der Waals surface area contributed by atoms with Gasteiger partial charge in [-0.15, -0.1) is 0 Å². The fourth-order valence-electron chi connectivity index (χ4n) is 5.26. The van der Waals surface area contributed by atoms with Gasteiger partial charge in [-0.2, -0.15) is 0 Å². The molecule has 4 heteroatoms. The highest BCUT2D eigenvalue weighted by atomic mass is 35.5. The van der Waals surface area contributed by atoms with Gasteiger partial charge >= 0.3 is 0 Å². The molecular weight excluding hydrogens is 450 g/mol. The van der Waals surface area contributed by atoms with E-state index >= 15 is 4.39 Å². The quantitative estimate of drug-likeness (QED) is 0.294. The molecule has 4 rings (SSSR count). The molecule has 1 saturated heterocycles. The van der Waals surface area contributed by atoms with Crippen molar-refractivity contribution in [2.24, 2.45) is 5.41 Å². The van der Waals surface area contributed by atoms with Crippen LogP contribution >= 0.6 is 11.6 Å². The van der Waals surface area contributed by atoms with Gasteiger partial charge in [0.1, 0.15) is 11.6 Å². The van der Waals surface area contributed by atoms with Crippen molar-refractivity contribution in [1.29, 1.82) is 0 Å². The Morgan fingerprint density at radius 3 is 2.09 bits per heavy atom. The molecule has 0 amide bonds. The fourth-order valence-corrected chi connectivity index (χ4v) is 9.28. The summed E-state index contributed by atoms with van der Waals surface area (Å²) in [6.07, 6.45) is 6.03. The summed E-state index contributed by atoms with van der Waals surface area (Å²) < 4.78 is 29.8. The van der Waals surface area contributed by atoms with Crippen molar-refractivity contribution in [3.8, 4) is 22.3 Å². The topological polar surface area (TPSA) is 0 Å². The van der Waals surface area contributed by atoms with Crippen LogP contribution in [-0.4, -0.2) is 8.80 Å². The standard InChI is InChI=1S/C29H33ClF2Si/c1-3-16-33-17-14-29(2,15-18-33)13-12-21-4-10-26(27(31)19-21)23-7-11-25(28(32)20-23)22-5-8-24(30)9-6-22/h4-11,19-20,33H,3,12-18H2,1-2H3. The molecule has 174 valence electrons. The Labute approximate surface area is 203 Å². The van der Waals surface area contributed by atoms with Gasteiger partial charge in [0.05, 0.1) is 0 Å². The Morgan fingerprint density at radius 1 is 0.848 bits per heavy atom. The average Bonchev–Trinajstić information content (AvgIpc) is 2.80. The van der Waals surface area contributed by atoms with Crippen LogP contribution in [0.5, 0.6) is 0 Å². The predicted molar refractivity (Wildman–Crippen MR) is 140 cm³/mol. The van der Waals surface area contributed by atoms with Crippen molar-refractivity contribution in [1.82, 2.24) is 0 Å². The van der Waals surface area contributed by atoms with E-state index in [4.69, 9.17) is 11.6 Å². The Morgan fingerprint density at radius 2 is 1.45 bits per heavy atom. The summed E-state index contributed by atoms with van der Waals surface area (Å²) in [5.74, 6) is -0.649. The normalized spacial score (nSPS) is 20.7. The van der Waals surface area contributed by atoms with Crippen LogP contribution < -0.4 is 0 Å². The van der Waals surface area contributed by atoms with Crippen LogP contribution in [0.15, 0.2) is 60.7 Å². The highest BCUT2D eigenvalue weighted by molar-refractivity contribution is 6.59. The zero-order valence-corrected chi connectivity index (χ0v) is 21.6. The molecule has 0 saturated carbocycles. The van der Waals surface area contributed by atoms with Gasteiger partial charge in [0, 0.05) is 24.9 Å². The smallest absolute Gasteiger partial charge is 0.131 e. The fraction of sp³-hybridized carbons (Fsp3) is 0.379. The molecule has 1 heterocycles. The number of hydrogen-bond acceptors (Lipinski definition) is 0. The maximum atomic E-state index is 15.0. The van der Waals surface area contributed by atoms with E-state index in [1.54, 1.807) is 48.5 Å². The minimum atomic E-state index is -0.484. The average molecular weight is 483 g/mol. The van der Waals surface area contributed by atoms with Gasteiger partial charge in [-0.1, -0.05) is 99.2 Å². The van der Waals surface area contributed by atoms with Gasteiger partial charge in [-0.25, -0.2) is 8.78 Å². The van der Waals surface area contributed by atoms with E-state index in [2.05, 4.69) is 13.8 Å². The van der Waals surface area contributed by atoms with Crippen molar-refractivity contribution in [3.05, 3.63) is 82.9 Å². The molecule has 1 aliphatic rings. The SMILES string of the molecule is CCC[SiH]1CCC(C)(CCc2ccc(-c3ccc(-c4ccc(Cl)cc4)c(F)c3)c(F)c2)CC1.